The molecular formula is C27H35FN8O3. The molecule has 3 unspecified atom stereocenters. The van der Waals surface area contributed by atoms with Crippen LogP contribution in [0.25, 0.3) is 6.08 Å². The van der Waals surface area contributed by atoms with Gasteiger partial charge in [-0.25, -0.2) is 4.39 Å². The summed E-state index contributed by atoms with van der Waals surface area (Å²) in [6.07, 6.45) is 9.88. The van der Waals surface area contributed by atoms with Gasteiger partial charge in [0.15, 0.2) is 5.69 Å². The number of carbonyl (C=O) groups is 3. The summed E-state index contributed by atoms with van der Waals surface area (Å²) in [7, 11) is 0. The summed E-state index contributed by atoms with van der Waals surface area (Å²) in [5.41, 5.74) is 13.3. The number of halogens is 1. The summed E-state index contributed by atoms with van der Waals surface area (Å²) >= 11 is 0. The average Bonchev–Trinajstić information content (AvgIpc) is 3.49. The van der Waals surface area contributed by atoms with Crippen LogP contribution < -0.4 is 16.8 Å². The van der Waals surface area contributed by atoms with Crippen molar-refractivity contribution in [2.24, 2.45) is 17.4 Å². The van der Waals surface area contributed by atoms with E-state index in [0.717, 1.165) is 31.2 Å². The van der Waals surface area contributed by atoms with Gasteiger partial charge in [0.2, 0.25) is 11.8 Å². The van der Waals surface area contributed by atoms with E-state index >= 15 is 0 Å². The second-order valence-electron chi connectivity index (χ2n) is 11.2. The lowest BCUT2D eigenvalue weighted by Gasteiger charge is -2.30. The van der Waals surface area contributed by atoms with E-state index in [4.69, 9.17) is 11.5 Å². The summed E-state index contributed by atoms with van der Waals surface area (Å²) < 4.78 is 15.9. The maximum absolute atomic E-state index is 14.5. The van der Waals surface area contributed by atoms with E-state index in [1.807, 2.05) is 25.1 Å². The molecule has 11 nitrogen and oxygen atoms in total. The Bertz CT molecular complexity index is 1270. The third kappa shape index (κ3) is 5.56. The zero-order valence-corrected chi connectivity index (χ0v) is 22.1. The molecule has 1 saturated heterocycles. The van der Waals surface area contributed by atoms with E-state index in [2.05, 4.69) is 20.6 Å². The minimum atomic E-state index is -1.29. The van der Waals surface area contributed by atoms with E-state index < -0.39 is 29.4 Å². The number of amides is 3. The number of hydrogen-bond donors (Lipinski definition) is 3. The molecule has 2 fully saturated rings. The fourth-order valence-corrected chi connectivity index (χ4v) is 5.99. The van der Waals surface area contributed by atoms with Crippen molar-refractivity contribution in [2.45, 2.75) is 75.7 Å². The number of carbonyl (C=O) groups excluding carboxylic acids is 3. The number of likely N-dealkylation sites (tertiary alicyclic amines) is 1. The van der Waals surface area contributed by atoms with Crippen molar-refractivity contribution in [1.82, 2.24) is 30.2 Å². The van der Waals surface area contributed by atoms with Crippen molar-refractivity contribution in [3.63, 3.8) is 0 Å². The maximum Gasteiger partial charge on any atom is 0.269 e. The minimum Gasteiger partial charge on any atom is -0.364 e. The number of allylic oxidation sites excluding steroid dienone is 1. The molecule has 1 saturated carbocycles. The van der Waals surface area contributed by atoms with Gasteiger partial charge in [0, 0.05) is 36.2 Å². The van der Waals surface area contributed by atoms with E-state index in [0.29, 0.717) is 30.1 Å². The third-order valence-corrected chi connectivity index (χ3v) is 8.34. The standard InChI is InChI=1S/C27H35FN8O3/c1-27(17-7-9-32-33-13-17)8-6-21-20(11-27)24(25(30)38)34-36(21)15-23(37)35-14-18(28)10-22(35)26(39)31-12-16-2-4-19(29)5-3-16/h6-9,13,16,18-19,22H,2-5,10-12,14-15,29H2,1H3,(H2,30,38)(H,31,39). The van der Waals surface area contributed by atoms with Crippen molar-refractivity contribution < 1.29 is 18.8 Å². The zero-order chi connectivity index (χ0) is 27.7. The van der Waals surface area contributed by atoms with E-state index in [1.54, 1.807) is 12.4 Å². The Hall–Kier alpha value is -3.67. The lowest BCUT2D eigenvalue weighted by molar-refractivity contribution is -0.139. The number of primary amides is 1. The molecule has 2 aliphatic carbocycles. The zero-order valence-electron chi connectivity index (χ0n) is 22.1. The topological polar surface area (TPSA) is 162 Å². The third-order valence-electron chi connectivity index (χ3n) is 8.34. The van der Waals surface area contributed by atoms with Gasteiger partial charge in [-0.3, -0.25) is 19.1 Å². The van der Waals surface area contributed by atoms with Gasteiger partial charge in [-0.1, -0.05) is 13.0 Å². The molecule has 3 atom stereocenters. The van der Waals surface area contributed by atoms with Crippen molar-refractivity contribution in [3.8, 4) is 0 Å². The van der Waals surface area contributed by atoms with Crippen LogP contribution in [-0.2, 0) is 28.0 Å². The fraction of sp³-hybridized carbons (Fsp3) is 0.556. The Labute approximate surface area is 226 Å². The largest absolute Gasteiger partial charge is 0.364 e. The van der Waals surface area contributed by atoms with Crippen molar-refractivity contribution in [1.29, 1.82) is 0 Å². The number of alkyl halides is 1. The second-order valence-corrected chi connectivity index (χ2v) is 11.2. The highest BCUT2D eigenvalue weighted by molar-refractivity contribution is 5.94. The highest BCUT2D eigenvalue weighted by atomic mass is 19.1. The highest BCUT2D eigenvalue weighted by Crippen LogP contribution is 2.37. The van der Waals surface area contributed by atoms with Crippen molar-refractivity contribution in [2.75, 3.05) is 13.1 Å². The molecule has 2 aromatic heterocycles. The van der Waals surface area contributed by atoms with E-state index in [1.165, 1.54) is 9.58 Å². The number of nitrogens with zero attached hydrogens (tertiary/aromatic N) is 5. The van der Waals surface area contributed by atoms with Crippen LogP contribution in [0, 0.1) is 5.92 Å². The lowest BCUT2D eigenvalue weighted by atomic mass is 9.74. The van der Waals surface area contributed by atoms with Crippen molar-refractivity contribution in [3.05, 3.63) is 47.1 Å². The normalized spacial score (nSPS) is 28.2. The van der Waals surface area contributed by atoms with Gasteiger partial charge in [0.1, 0.15) is 18.8 Å². The Morgan fingerprint density at radius 3 is 2.67 bits per heavy atom. The molecular weight excluding hydrogens is 503 g/mol. The van der Waals surface area contributed by atoms with Crippen LogP contribution in [-0.4, -0.2) is 73.9 Å². The molecule has 5 rings (SSSR count). The second kappa shape index (κ2) is 10.8. The first-order valence-corrected chi connectivity index (χ1v) is 13.5. The van der Waals surface area contributed by atoms with E-state index in [9.17, 15) is 18.8 Å². The van der Waals surface area contributed by atoms with Crippen LogP contribution in [0.5, 0.6) is 0 Å². The lowest BCUT2D eigenvalue weighted by Crippen LogP contribution is -2.48. The molecule has 12 heteroatoms. The maximum atomic E-state index is 14.5. The predicted molar refractivity (Wildman–Crippen MR) is 141 cm³/mol. The Kier molecular flexibility index (Phi) is 7.48. The molecule has 208 valence electrons. The molecule has 0 radical (unpaired) electrons. The molecule has 39 heavy (non-hydrogen) atoms. The first-order valence-electron chi connectivity index (χ1n) is 13.5. The van der Waals surface area contributed by atoms with Gasteiger partial charge >= 0.3 is 0 Å². The average molecular weight is 539 g/mol. The summed E-state index contributed by atoms with van der Waals surface area (Å²) in [5.74, 6) is -1.15. The van der Waals surface area contributed by atoms with Gasteiger partial charge < -0.3 is 21.7 Å². The molecule has 3 aliphatic rings. The number of nitrogens with two attached hydrogens (primary N) is 2. The number of aromatic nitrogens is 4. The Morgan fingerprint density at radius 1 is 1.21 bits per heavy atom. The number of nitrogens with one attached hydrogen (secondary N) is 1. The van der Waals surface area contributed by atoms with E-state index in [-0.39, 0.29) is 37.2 Å². The molecule has 0 aromatic carbocycles. The van der Waals surface area contributed by atoms with Crippen LogP contribution >= 0.6 is 0 Å². The number of hydrogen-bond acceptors (Lipinski definition) is 7. The summed E-state index contributed by atoms with van der Waals surface area (Å²) in [6, 6.07) is 1.18. The van der Waals surface area contributed by atoms with Gasteiger partial charge in [-0.2, -0.15) is 15.3 Å². The van der Waals surface area contributed by atoms with Gasteiger partial charge in [-0.05, 0) is 55.7 Å². The monoisotopic (exact) mass is 538 g/mol. The SMILES string of the molecule is CC1(c2ccnnc2)C=Cc2c(c(C(N)=O)nn2CC(=O)N2CC(F)CC2C(=O)NCC2CCC(N)CC2)C1. The molecule has 0 spiro atoms. The molecule has 3 amide bonds. The molecule has 0 bridgehead atoms. The number of rotatable bonds is 7. The molecule has 2 aromatic rings. The minimum absolute atomic E-state index is 0.0465. The molecule has 3 heterocycles. The van der Waals surface area contributed by atoms with Crippen LogP contribution in [0.4, 0.5) is 4.39 Å². The first kappa shape index (κ1) is 26.9. The van der Waals surface area contributed by atoms with Crippen LogP contribution in [0.1, 0.15) is 66.3 Å². The molecule has 5 N–H and O–H groups in total. The highest BCUT2D eigenvalue weighted by Gasteiger charge is 2.41. The fourth-order valence-electron chi connectivity index (χ4n) is 5.99. The van der Waals surface area contributed by atoms with Crippen LogP contribution in [0.3, 0.4) is 0 Å². The van der Waals surface area contributed by atoms with Gasteiger partial charge in [0.25, 0.3) is 5.91 Å². The Balaban J connectivity index is 1.31. The molecule has 1 aliphatic heterocycles. The van der Waals surface area contributed by atoms with Crippen LogP contribution in [0.15, 0.2) is 24.5 Å². The first-order chi connectivity index (χ1) is 18.6. The van der Waals surface area contributed by atoms with Crippen LogP contribution in [0.2, 0.25) is 0 Å². The smallest absolute Gasteiger partial charge is 0.269 e. The van der Waals surface area contributed by atoms with Crippen molar-refractivity contribution >= 4 is 23.8 Å². The summed E-state index contributed by atoms with van der Waals surface area (Å²) in [4.78, 5) is 39.9. The predicted octanol–water partition coefficient (Wildman–Crippen LogP) is 0.872. The summed E-state index contributed by atoms with van der Waals surface area (Å²) in [5, 5.41) is 15.1. The quantitative estimate of drug-likeness (QED) is 0.471. The van der Waals surface area contributed by atoms with Gasteiger partial charge in [-0.15, -0.1) is 0 Å². The Morgan fingerprint density at radius 2 is 1.97 bits per heavy atom. The summed E-state index contributed by atoms with van der Waals surface area (Å²) in [6.45, 7) is 2.09. The van der Waals surface area contributed by atoms with Gasteiger partial charge in [0.05, 0.1) is 18.4 Å². The number of fused-ring (bicyclic) bond motifs is 1.